The number of rotatable bonds is 6. The number of aryl methyl sites for hydroxylation is 1. The zero-order valence-corrected chi connectivity index (χ0v) is 16.8. The summed E-state index contributed by atoms with van der Waals surface area (Å²) in [5.74, 6) is -0.557. The fourth-order valence-corrected chi connectivity index (χ4v) is 4.06. The number of unbranched alkanes of at least 4 members (excludes halogenated alkanes) is 2. The fraction of sp³-hybridized carbons (Fsp3) is 0.259. The van der Waals surface area contributed by atoms with Crippen molar-refractivity contribution in [2.45, 2.75) is 45.4 Å². The minimum atomic E-state index is -0.309. The number of fused-ring (bicyclic) bond motifs is 1. The SMILES string of the molecule is CCCCCc1ccc(C2=CCc3cc(-c4ccc(F)cc4)c(F)cc3C2)cc1. The summed E-state index contributed by atoms with van der Waals surface area (Å²) in [5, 5.41) is 0. The third-order valence-electron chi connectivity index (χ3n) is 5.79. The molecule has 0 atom stereocenters. The van der Waals surface area contributed by atoms with Crippen molar-refractivity contribution in [1.82, 2.24) is 0 Å². The van der Waals surface area contributed by atoms with Gasteiger partial charge < -0.3 is 0 Å². The molecule has 0 heterocycles. The lowest BCUT2D eigenvalue weighted by atomic mass is 9.86. The van der Waals surface area contributed by atoms with Gasteiger partial charge >= 0.3 is 0 Å². The van der Waals surface area contributed by atoms with Gasteiger partial charge in [-0.25, -0.2) is 8.78 Å². The smallest absolute Gasteiger partial charge is 0.131 e. The van der Waals surface area contributed by atoms with Crippen molar-refractivity contribution in [2.75, 3.05) is 0 Å². The highest BCUT2D eigenvalue weighted by atomic mass is 19.1. The number of allylic oxidation sites excluding steroid dienone is 2. The molecule has 3 aromatic rings. The summed E-state index contributed by atoms with van der Waals surface area (Å²) in [6.07, 6.45) is 8.66. The normalized spacial score (nSPS) is 13.1. The van der Waals surface area contributed by atoms with E-state index in [1.54, 1.807) is 18.2 Å². The molecule has 0 saturated heterocycles. The molecule has 148 valence electrons. The van der Waals surface area contributed by atoms with Gasteiger partial charge in [0.05, 0.1) is 0 Å². The van der Waals surface area contributed by atoms with Crippen LogP contribution in [-0.4, -0.2) is 0 Å². The molecular formula is C27H26F2. The molecule has 1 aliphatic rings. The number of hydrogen-bond donors (Lipinski definition) is 0. The van der Waals surface area contributed by atoms with Crippen LogP contribution in [0.3, 0.4) is 0 Å². The van der Waals surface area contributed by atoms with Crippen LogP contribution in [0.25, 0.3) is 16.7 Å². The summed E-state index contributed by atoms with van der Waals surface area (Å²) < 4.78 is 28.0. The highest BCUT2D eigenvalue weighted by molar-refractivity contribution is 5.73. The van der Waals surface area contributed by atoms with E-state index in [1.165, 1.54) is 48.1 Å². The predicted octanol–water partition coefficient (Wildman–Crippen LogP) is 7.55. The van der Waals surface area contributed by atoms with Crippen LogP contribution < -0.4 is 0 Å². The second-order valence-corrected chi connectivity index (χ2v) is 7.87. The van der Waals surface area contributed by atoms with Crippen LogP contribution >= 0.6 is 0 Å². The Hall–Kier alpha value is -2.74. The summed E-state index contributed by atoms with van der Waals surface area (Å²) in [5.41, 5.74) is 7.29. The Labute approximate surface area is 171 Å². The maximum absolute atomic E-state index is 14.8. The molecule has 4 rings (SSSR count). The molecule has 1 aliphatic carbocycles. The number of benzene rings is 3. The highest BCUT2D eigenvalue weighted by Gasteiger charge is 2.17. The van der Waals surface area contributed by atoms with E-state index in [0.29, 0.717) is 11.1 Å². The van der Waals surface area contributed by atoms with Crippen LogP contribution in [0, 0.1) is 11.6 Å². The lowest BCUT2D eigenvalue weighted by Gasteiger charge is -2.19. The fourth-order valence-electron chi connectivity index (χ4n) is 4.06. The Bertz CT molecular complexity index is 1010. The molecule has 0 spiro atoms. The highest BCUT2D eigenvalue weighted by Crippen LogP contribution is 2.33. The maximum atomic E-state index is 14.8. The maximum Gasteiger partial charge on any atom is 0.131 e. The van der Waals surface area contributed by atoms with Crippen LogP contribution in [0.5, 0.6) is 0 Å². The number of hydrogen-bond acceptors (Lipinski definition) is 0. The molecular weight excluding hydrogens is 362 g/mol. The van der Waals surface area contributed by atoms with Gasteiger partial charge in [0.2, 0.25) is 0 Å². The molecule has 0 nitrogen and oxygen atoms in total. The average molecular weight is 389 g/mol. The van der Waals surface area contributed by atoms with Crippen LogP contribution in [0.4, 0.5) is 8.78 Å². The van der Waals surface area contributed by atoms with Gasteiger partial charge in [0, 0.05) is 5.56 Å². The lowest BCUT2D eigenvalue weighted by molar-refractivity contribution is 0.624. The molecule has 0 saturated carbocycles. The molecule has 0 amide bonds. The lowest BCUT2D eigenvalue weighted by Crippen LogP contribution is -2.05. The van der Waals surface area contributed by atoms with E-state index in [4.69, 9.17) is 0 Å². The summed E-state index contributed by atoms with van der Waals surface area (Å²) in [4.78, 5) is 0. The molecule has 2 heteroatoms. The first-order valence-corrected chi connectivity index (χ1v) is 10.5. The van der Waals surface area contributed by atoms with E-state index in [9.17, 15) is 8.78 Å². The van der Waals surface area contributed by atoms with E-state index in [1.807, 2.05) is 6.07 Å². The summed E-state index contributed by atoms with van der Waals surface area (Å²) in [6.45, 7) is 2.22. The first-order chi connectivity index (χ1) is 14.1. The minimum absolute atomic E-state index is 0.247. The Balaban J connectivity index is 1.52. The third-order valence-corrected chi connectivity index (χ3v) is 5.79. The van der Waals surface area contributed by atoms with Crippen LogP contribution in [0.1, 0.15) is 48.4 Å². The Morgan fingerprint density at radius 3 is 2.24 bits per heavy atom. The summed E-state index contributed by atoms with van der Waals surface area (Å²) in [7, 11) is 0. The first kappa shape index (κ1) is 19.6. The monoisotopic (exact) mass is 388 g/mol. The molecule has 0 N–H and O–H groups in total. The molecule has 0 radical (unpaired) electrons. The second kappa shape index (κ2) is 8.73. The van der Waals surface area contributed by atoms with Gasteiger partial charge in [0.25, 0.3) is 0 Å². The van der Waals surface area contributed by atoms with Crippen molar-refractivity contribution in [2.24, 2.45) is 0 Å². The molecule has 0 aromatic heterocycles. The predicted molar refractivity (Wildman–Crippen MR) is 117 cm³/mol. The number of halogens is 2. The van der Waals surface area contributed by atoms with Gasteiger partial charge in [-0.1, -0.05) is 62.2 Å². The quantitative estimate of drug-likeness (QED) is 0.383. The van der Waals surface area contributed by atoms with Crippen molar-refractivity contribution >= 4 is 5.57 Å². The zero-order valence-electron chi connectivity index (χ0n) is 16.8. The summed E-state index contributed by atoms with van der Waals surface area (Å²) >= 11 is 0. The zero-order chi connectivity index (χ0) is 20.2. The standard InChI is InChI=1S/C27H26F2/c1-2-3-4-5-19-6-8-20(9-7-19)22-10-11-23-17-26(27(29)18-24(23)16-22)21-12-14-25(28)15-13-21/h6-10,12-15,17-18H,2-5,11,16H2,1H3. The van der Waals surface area contributed by atoms with E-state index >= 15 is 0 Å². The Morgan fingerprint density at radius 2 is 1.52 bits per heavy atom. The Kier molecular flexibility index (Phi) is 5.89. The van der Waals surface area contributed by atoms with Crippen LogP contribution in [0.2, 0.25) is 0 Å². The van der Waals surface area contributed by atoms with Crippen molar-refractivity contribution in [3.63, 3.8) is 0 Å². The molecule has 29 heavy (non-hydrogen) atoms. The van der Waals surface area contributed by atoms with Gasteiger partial charge in [-0.15, -0.1) is 0 Å². The van der Waals surface area contributed by atoms with Crippen molar-refractivity contribution in [3.05, 3.63) is 101 Å². The average Bonchev–Trinajstić information content (AvgIpc) is 2.74. The van der Waals surface area contributed by atoms with E-state index < -0.39 is 0 Å². The molecule has 0 fully saturated rings. The third kappa shape index (κ3) is 4.48. The van der Waals surface area contributed by atoms with Gasteiger partial charge in [-0.2, -0.15) is 0 Å². The van der Waals surface area contributed by atoms with Crippen molar-refractivity contribution in [1.29, 1.82) is 0 Å². The molecule has 0 bridgehead atoms. The van der Waals surface area contributed by atoms with Gasteiger partial charge in [-0.05, 0) is 83.3 Å². The van der Waals surface area contributed by atoms with Gasteiger partial charge in [0.15, 0.2) is 0 Å². The van der Waals surface area contributed by atoms with E-state index in [-0.39, 0.29) is 11.6 Å². The van der Waals surface area contributed by atoms with E-state index in [0.717, 1.165) is 30.4 Å². The minimum Gasteiger partial charge on any atom is -0.207 e. The van der Waals surface area contributed by atoms with Crippen molar-refractivity contribution < 1.29 is 8.78 Å². The largest absolute Gasteiger partial charge is 0.207 e. The first-order valence-electron chi connectivity index (χ1n) is 10.5. The van der Waals surface area contributed by atoms with Crippen LogP contribution in [-0.2, 0) is 19.3 Å². The van der Waals surface area contributed by atoms with Gasteiger partial charge in [0.1, 0.15) is 11.6 Å². The molecule has 0 unspecified atom stereocenters. The van der Waals surface area contributed by atoms with Crippen LogP contribution in [0.15, 0.2) is 66.7 Å². The molecule has 0 aliphatic heterocycles. The topological polar surface area (TPSA) is 0 Å². The van der Waals surface area contributed by atoms with Crippen molar-refractivity contribution in [3.8, 4) is 11.1 Å². The van der Waals surface area contributed by atoms with Gasteiger partial charge in [-0.3, -0.25) is 0 Å². The molecule has 3 aromatic carbocycles. The van der Waals surface area contributed by atoms with E-state index in [2.05, 4.69) is 37.3 Å². The summed E-state index contributed by atoms with van der Waals surface area (Å²) in [6, 6.07) is 18.4. The second-order valence-electron chi connectivity index (χ2n) is 7.87. The Morgan fingerprint density at radius 1 is 0.793 bits per heavy atom.